The molecule has 1 saturated heterocycles. The van der Waals surface area contributed by atoms with E-state index in [1.165, 1.54) is 16.7 Å². The lowest BCUT2D eigenvalue weighted by molar-refractivity contribution is -0.128. The second-order valence-electron chi connectivity index (χ2n) is 8.66. The molecule has 0 radical (unpaired) electrons. The molecule has 7 nitrogen and oxygen atoms in total. The first-order valence-corrected chi connectivity index (χ1v) is 12.2. The van der Waals surface area contributed by atoms with E-state index < -0.39 is 5.91 Å². The maximum absolute atomic E-state index is 13.6. The first-order valence-electron chi connectivity index (χ1n) is 11.8. The summed E-state index contributed by atoms with van der Waals surface area (Å²) in [5.74, 6) is -0.954. The number of aromatic nitrogens is 1. The smallest absolute Gasteiger partial charge is 0.270 e. The Balaban J connectivity index is 1.76. The SMILES string of the molecule is CCCN1C(=O)/C(=C\c2cc(C)n(-c3ccc(NC(C)=O)cc3)c2C)C(=O)N(c2ccccc2)C1=S. The third kappa shape index (κ3) is 4.72. The fourth-order valence-corrected chi connectivity index (χ4v) is 4.75. The Hall–Kier alpha value is -4.04. The van der Waals surface area contributed by atoms with Crippen LogP contribution in [0.2, 0.25) is 0 Å². The Morgan fingerprint density at radius 3 is 2.25 bits per heavy atom. The Kier molecular flexibility index (Phi) is 7.17. The number of aryl methyl sites for hydroxylation is 1. The van der Waals surface area contributed by atoms with Gasteiger partial charge in [0, 0.05) is 36.2 Å². The van der Waals surface area contributed by atoms with Crippen LogP contribution in [0.1, 0.15) is 37.2 Å². The maximum Gasteiger partial charge on any atom is 0.270 e. The molecule has 0 saturated carbocycles. The average molecular weight is 501 g/mol. The summed E-state index contributed by atoms with van der Waals surface area (Å²) >= 11 is 5.57. The molecule has 1 aromatic heterocycles. The minimum absolute atomic E-state index is 0.0714. The van der Waals surface area contributed by atoms with Gasteiger partial charge in [0.05, 0.1) is 5.69 Å². The predicted octanol–water partition coefficient (Wildman–Crippen LogP) is 5.01. The molecular formula is C28H28N4O3S. The van der Waals surface area contributed by atoms with Crippen molar-refractivity contribution in [3.63, 3.8) is 0 Å². The summed E-state index contributed by atoms with van der Waals surface area (Å²) in [7, 11) is 0. The Morgan fingerprint density at radius 2 is 1.64 bits per heavy atom. The Labute approximate surface area is 216 Å². The number of carbonyl (C=O) groups is 3. The van der Waals surface area contributed by atoms with Crippen molar-refractivity contribution in [1.29, 1.82) is 0 Å². The molecule has 184 valence electrons. The number of nitrogens with zero attached hydrogens (tertiary/aromatic N) is 3. The molecule has 8 heteroatoms. The number of thiocarbonyl (C=S) groups is 1. The molecule has 0 aliphatic carbocycles. The van der Waals surface area contributed by atoms with Crippen molar-refractivity contribution in [2.24, 2.45) is 0 Å². The summed E-state index contributed by atoms with van der Waals surface area (Å²) in [5.41, 5.74) is 4.91. The number of hydrogen-bond donors (Lipinski definition) is 1. The van der Waals surface area contributed by atoms with Crippen LogP contribution in [0.3, 0.4) is 0 Å². The van der Waals surface area contributed by atoms with Gasteiger partial charge in [0.25, 0.3) is 11.8 Å². The van der Waals surface area contributed by atoms with Gasteiger partial charge < -0.3 is 9.88 Å². The van der Waals surface area contributed by atoms with Crippen LogP contribution in [0.4, 0.5) is 11.4 Å². The van der Waals surface area contributed by atoms with E-state index in [1.807, 2.05) is 73.9 Å². The highest BCUT2D eigenvalue weighted by atomic mass is 32.1. The molecular weight excluding hydrogens is 472 g/mol. The molecule has 2 heterocycles. The summed E-state index contributed by atoms with van der Waals surface area (Å²) in [5, 5.41) is 2.96. The zero-order valence-corrected chi connectivity index (χ0v) is 21.6. The molecule has 2 aromatic carbocycles. The van der Waals surface area contributed by atoms with Gasteiger partial charge in [0.15, 0.2) is 5.11 Å². The lowest BCUT2D eigenvalue weighted by Gasteiger charge is -2.36. The monoisotopic (exact) mass is 500 g/mol. The third-order valence-corrected chi connectivity index (χ3v) is 6.41. The van der Waals surface area contributed by atoms with Crippen LogP contribution < -0.4 is 10.2 Å². The molecule has 0 unspecified atom stereocenters. The number of nitrogens with one attached hydrogen (secondary N) is 1. The molecule has 1 aliphatic rings. The van der Waals surface area contributed by atoms with Crippen LogP contribution in [0.25, 0.3) is 11.8 Å². The quantitative estimate of drug-likeness (QED) is 0.293. The third-order valence-electron chi connectivity index (χ3n) is 6.01. The standard InChI is InChI=1S/C28H28N4O3S/c1-5-15-30-26(34)25(27(35)32(28(30)36)23-9-7-6-8-10-23)17-21-16-18(2)31(19(21)3)24-13-11-22(12-14-24)29-20(4)33/h6-14,16-17H,5,15H2,1-4H3,(H,29,33)/b25-17+. The lowest BCUT2D eigenvalue weighted by atomic mass is 10.1. The van der Waals surface area contributed by atoms with Gasteiger partial charge >= 0.3 is 0 Å². The summed E-state index contributed by atoms with van der Waals surface area (Å²) in [6, 6.07) is 18.6. The largest absolute Gasteiger partial charge is 0.326 e. The number of rotatable bonds is 6. The first kappa shape index (κ1) is 25.1. The van der Waals surface area contributed by atoms with E-state index in [9.17, 15) is 14.4 Å². The van der Waals surface area contributed by atoms with E-state index in [-0.39, 0.29) is 22.5 Å². The maximum atomic E-state index is 13.6. The molecule has 0 spiro atoms. The molecule has 3 amide bonds. The Bertz CT molecular complexity index is 1370. The lowest BCUT2D eigenvalue weighted by Crippen LogP contribution is -2.56. The molecule has 1 aliphatic heterocycles. The fraction of sp³-hybridized carbons (Fsp3) is 0.214. The van der Waals surface area contributed by atoms with Gasteiger partial charge in [-0.25, -0.2) is 0 Å². The number of para-hydroxylation sites is 1. The van der Waals surface area contributed by atoms with Crippen LogP contribution >= 0.6 is 12.2 Å². The Morgan fingerprint density at radius 1 is 0.972 bits per heavy atom. The minimum atomic E-state index is -0.437. The average Bonchev–Trinajstić information content (AvgIpc) is 3.13. The fourth-order valence-electron chi connectivity index (χ4n) is 4.38. The van der Waals surface area contributed by atoms with E-state index in [4.69, 9.17) is 12.2 Å². The molecule has 36 heavy (non-hydrogen) atoms. The number of hydrogen-bond acceptors (Lipinski definition) is 4. The normalized spacial score (nSPS) is 15.1. The van der Waals surface area contributed by atoms with Crippen LogP contribution in [-0.4, -0.2) is 38.8 Å². The van der Waals surface area contributed by atoms with Gasteiger partial charge in [-0.2, -0.15) is 0 Å². The van der Waals surface area contributed by atoms with Crippen molar-refractivity contribution in [3.8, 4) is 5.69 Å². The van der Waals surface area contributed by atoms with E-state index in [1.54, 1.807) is 18.2 Å². The van der Waals surface area contributed by atoms with Crippen LogP contribution in [0.5, 0.6) is 0 Å². The number of amides is 3. The minimum Gasteiger partial charge on any atom is -0.326 e. The van der Waals surface area contributed by atoms with E-state index in [2.05, 4.69) is 5.32 Å². The van der Waals surface area contributed by atoms with E-state index in [0.717, 1.165) is 22.6 Å². The number of benzene rings is 2. The molecule has 1 N–H and O–H groups in total. The zero-order valence-electron chi connectivity index (χ0n) is 20.7. The van der Waals surface area contributed by atoms with Crippen molar-refractivity contribution >= 4 is 52.5 Å². The molecule has 0 atom stereocenters. The highest BCUT2D eigenvalue weighted by Gasteiger charge is 2.40. The summed E-state index contributed by atoms with van der Waals surface area (Å²) in [4.78, 5) is 41.2. The van der Waals surface area contributed by atoms with Gasteiger partial charge in [-0.3, -0.25) is 24.2 Å². The summed E-state index contributed by atoms with van der Waals surface area (Å²) < 4.78 is 2.05. The topological polar surface area (TPSA) is 74.6 Å². The van der Waals surface area contributed by atoms with Crippen LogP contribution in [-0.2, 0) is 14.4 Å². The highest BCUT2D eigenvalue weighted by molar-refractivity contribution is 7.80. The van der Waals surface area contributed by atoms with Crippen molar-refractivity contribution in [3.05, 3.63) is 83.2 Å². The number of anilines is 2. The summed E-state index contributed by atoms with van der Waals surface area (Å²) in [6.45, 7) is 7.77. The highest BCUT2D eigenvalue weighted by Crippen LogP contribution is 2.29. The van der Waals surface area contributed by atoms with Gasteiger partial charge in [0.2, 0.25) is 5.91 Å². The molecule has 1 fully saturated rings. The molecule has 0 bridgehead atoms. The van der Waals surface area contributed by atoms with E-state index >= 15 is 0 Å². The second-order valence-corrected chi connectivity index (χ2v) is 9.03. The zero-order chi connectivity index (χ0) is 26.0. The summed E-state index contributed by atoms with van der Waals surface area (Å²) in [6.07, 6.45) is 2.37. The first-order chi connectivity index (χ1) is 17.2. The van der Waals surface area contributed by atoms with Gasteiger partial charge in [-0.1, -0.05) is 25.1 Å². The predicted molar refractivity (Wildman–Crippen MR) is 146 cm³/mol. The van der Waals surface area contributed by atoms with Crippen LogP contribution in [0.15, 0.2) is 66.2 Å². The molecule has 3 aromatic rings. The van der Waals surface area contributed by atoms with Gasteiger partial charge in [-0.05, 0) is 86.6 Å². The van der Waals surface area contributed by atoms with Gasteiger partial charge in [-0.15, -0.1) is 0 Å². The second kappa shape index (κ2) is 10.3. The number of carbonyl (C=O) groups excluding carboxylic acids is 3. The molecule has 4 rings (SSSR count). The van der Waals surface area contributed by atoms with Crippen LogP contribution in [0, 0.1) is 13.8 Å². The van der Waals surface area contributed by atoms with Crippen molar-refractivity contribution in [2.45, 2.75) is 34.1 Å². The van der Waals surface area contributed by atoms with Crippen molar-refractivity contribution in [2.75, 3.05) is 16.8 Å². The van der Waals surface area contributed by atoms with Gasteiger partial charge in [0.1, 0.15) is 5.57 Å². The van der Waals surface area contributed by atoms with Crippen molar-refractivity contribution < 1.29 is 14.4 Å². The van der Waals surface area contributed by atoms with Crippen molar-refractivity contribution in [1.82, 2.24) is 9.47 Å². The van der Waals surface area contributed by atoms with E-state index in [0.29, 0.717) is 24.3 Å².